The molecule has 5 nitrogen and oxygen atoms in total. The summed E-state index contributed by atoms with van der Waals surface area (Å²) in [5.74, 6) is 0.0368. The summed E-state index contributed by atoms with van der Waals surface area (Å²) in [4.78, 5) is 13.7. The van der Waals surface area contributed by atoms with Crippen LogP contribution in [-0.2, 0) is 11.2 Å². The number of hydrogen-bond acceptors (Lipinski definition) is 4. The van der Waals surface area contributed by atoms with Crippen molar-refractivity contribution in [3.63, 3.8) is 0 Å². The molecule has 4 N–H and O–H groups in total. The van der Waals surface area contributed by atoms with Gasteiger partial charge in [0.2, 0.25) is 5.91 Å². The summed E-state index contributed by atoms with van der Waals surface area (Å²) in [6, 6.07) is 3.81. The first kappa shape index (κ1) is 13.7. The summed E-state index contributed by atoms with van der Waals surface area (Å²) in [5.41, 5.74) is 9.47. The van der Waals surface area contributed by atoms with Crippen LogP contribution in [-0.4, -0.2) is 37.0 Å². The molecule has 1 aromatic rings. The predicted molar refractivity (Wildman–Crippen MR) is 79.5 cm³/mol. The van der Waals surface area contributed by atoms with Gasteiger partial charge in [-0.15, -0.1) is 0 Å². The number of nitrogens with zero attached hydrogens (tertiary/aromatic N) is 1. The zero-order valence-corrected chi connectivity index (χ0v) is 11.6. The zero-order chi connectivity index (χ0) is 13.8. The number of benzene rings is 1. The fraction of sp³-hybridized carbons (Fsp3) is 0.500. The molecule has 0 aliphatic carbocycles. The van der Waals surface area contributed by atoms with Crippen molar-refractivity contribution < 1.29 is 4.79 Å². The number of carbonyl (C=O) groups excluding carboxylic acids is 1. The first-order valence-electron chi connectivity index (χ1n) is 6.82. The quantitative estimate of drug-likeness (QED) is 0.680. The Morgan fingerprint density at radius 3 is 2.79 bits per heavy atom. The van der Waals surface area contributed by atoms with E-state index in [1.807, 2.05) is 12.1 Å². The van der Waals surface area contributed by atoms with E-state index in [0.29, 0.717) is 12.1 Å². The van der Waals surface area contributed by atoms with Gasteiger partial charge in [-0.05, 0) is 30.8 Å². The van der Waals surface area contributed by atoms with E-state index in [2.05, 4.69) is 29.4 Å². The lowest BCUT2D eigenvalue weighted by Crippen LogP contribution is -2.28. The minimum Gasteiger partial charge on any atom is -0.397 e. The van der Waals surface area contributed by atoms with E-state index in [9.17, 15) is 4.79 Å². The van der Waals surface area contributed by atoms with E-state index in [1.165, 1.54) is 0 Å². The number of nitrogens with one attached hydrogen (secondary N) is 2. The second-order valence-corrected chi connectivity index (χ2v) is 4.78. The van der Waals surface area contributed by atoms with Crippen LogP contribution in [0.5, 0.6) is 0 Å². The summed E-state index contributed by atoms with van der Waals surface area (Å²) in [5, 5.41) is 6.18. The predicted octanol–water partition coefficient (Wildman–Crippen LogP) is 1.52. The SMILES string of the molecule is CCN(CC)CCNc1cc2c(cc1N)CC(=O)N2. The Morgan fingerprint density at radius 2 is 2.11 bits per heavy atom. The Morgan fingerprint density at radius 1 is 1.37 bits per heavy atom. The number of fused-ring (bicyclic) bond motifs is 1. The molecule has 1 aliphatic heterocycles. The van der Waals surface area contributed by atoms with Crippen molar-refractivity contribution in [1.82, 2.24) is 4.90 Å². The number of nitrogens with two attached hydrogens (primary N) is 1. The van der Waals surface area contributed by atoms with Crippen molar-refractivity contribution >= 4 is 23.0 Å². The van der Waals surface area contributed by atoms with Crippen LogP contribution in [0.3, 0.4) is 0 Å². The second kappa shape index (κ2) is 5.93. The van der Waals surface area contributed by atoms with Crippen LogP contribution in [0.1, 0.15) is 19.4 Å². The maximum absolute atomic E-state index is 11.3. The molecule has 0 radical (unpaired) electrons. The average molecular weight is 262 g/mol. The topological polar surface area (TPSA) is 70.4 Å². The van der Waals surface area contributed by atoms with Gasteiger partial charge in [0, 0.05) is 18.8 Å². The Hall–Kier alpha value is -1.75. The molecule has 5 heteroatoms. The van der Waals surface area contributed by atoms with E-state index in [0.717, 1.165) is 43.1 Å². The van der Waals surface area contributed by atoms with Crippen molar-refractivity contribution in [2.24, 2.45) is 0 Å². The van der Waals surface area contributed by atoms with E-state index in [-0.39, 0.29) is 5.91 Å². The molecule has 1 aromatic carbocycles. The summed E-state index contributed by atoms with van der Waals surface area (Å²) in [6.07, 6.45) is 0.430. The van der Waals surface area contributed by atoms with E-state index < -0.39 is 0 Å². The highest BCUT2D eigenvalue weighted by Crippen LogP contribution is 2.31. The standard InChI is InChI=1S/C14H22N4O/c1-3-18(4-2)6-5-16-13-9-12-10(7-11(13)15)8-14(19)17-12/h7,9,16H,3-6,8,15H2,1-2H3,(H,17,19). The molecule has 0 bridgehead atoms. The summed E-state index contributed by atoms with van der Waals surface area (Å²) in [6.45, 7) is 8.24. The molecule has 0 atom stereocenters. The molecule has 0 saturated carbocycles. The van der Waals surface area contributed by atoms with Crippen molar-refractivity contribution in [3.8, 4) is 0 Å². The lowest BCUT2D eigenvalue weighted by molar-refractivity contribution is -0.115. The molecule has 0 saturated heterocycles. The van der Waals surface area contributed by atoms with Crippen LogP contribution in [0.2, 0.25) is 0 Å². The number of anilines is 3. The van der Waals surface area contributed by atoms with Gasteiger partial charge >= 0.3 is 0 Å². The first-order valence-corrected chi connectivity index (χ1v) is 6.82. The second-order valence-electron chi connectivity index (χ2n) is 4.78. The van der Waals surface area contributed by atoms with Crippen LogP contribution in [0.4, 0.5) is 17.1 Å². The summed E-state index contributed by atoms with van der Waals surface area (Å²) >= 11 is 0. The Labute approximate surface area is 114 Å². The van der Waals surface area contributed by atoms with Crippen LogP contribution < -0.4 is 16.4 Å². The number of amides is 1. The fourth-order valence-electron chi connectivity index (χ4n) is 2.34. The summed E-state index contributed by atoms with van der Waals surface area (Å²) in [7, 11) is 0. The van der Waals surface area contributed by atoms with Crippen LogP contribution >= 0.6 is 0 Å². The number of likely N-dealkylation sites (N-methyl/N-ethyl adjacent to an activating group) is 1. The summed E-state index contributed by atoms with van der Waals surface area (Å²) < 4.78 is 0. The maximum Gasteiger partial charge on any atom is 0.228 e. The Balaban J connectivity index is 1.98. The van der Waals surface area contributed by atoms with Gasteiger partial charge in [-0.1, -0.05) is 13.8 Å². The first-order chi connectivity index (χ1) is 9.13. The molecule has 1 heterocycles. The molecule has 1 aliphatic rings. The van der Waals surface area contributed by atoms with Gasteiger partial charge in [-0.3, -0.25) is 4.79 Å². The third kappa shape index (κ3) is 3.17. The third-order valence-corrected chi connectivity index (χ3v) is 3.54. The zero-order valence-electron chi connectivity index (χ0n) is 11.6. The minimum absolute atomic E-state index is 0.0368. The molecule has 0 fully saturated rings. The average Bonchev–Trinajstić information content (AvgIpc) is 2.74. The highest BCUT2D eigenvalue weighted by molar-refractivity contribution is 6.00. The van der Waals surface area contributed by atoms with Gasteiger partial charge in [0.05, 0.1) is 17.8 Å². The van der Waals surface area contributed by atoms with Gasteiger partial charge in [-0.2, -0.15) is 0 Å². The highest BCUT2D eigenvalue weighted by atomic mass is 16.1. The Kier molecular flexibility index (Phi) is 4.27. The molecule has 104 valence electrons. The third-order valence-electron chi connectivity index (χ3n) is 3.54. The number of rotatable bonds is 6. The Bertz CT molecular complexity index is 469. The lowest BCUT2D eigenvalue weighted by atomic mass is 10.1. The molecular weight excluding hydrogens is 240 g/mol. The monoisotopic (exact) mass is 262 g/mol. The van der Waals surface area contributed by atoms with Gasteiger partial charge < -0.3 is 21.3 Å². The smallest absolute Gasteiger partial charge is 0.228 e. The molecule has 2 rings (SSSR count). The number of nitrogen functional groups attached to an aromatic ring is 1. The van der Waals surface area contributed by atoms with Gasteiger partial charge in [0.1, 0.15) is 0 Å². The molecule has 0 aromatic heterocycles. The fourth-order valence-corrected chi connectivity index (χ4v) is 2.34. The van der Waals surface area contributed by atoms with Crippen molar-refractivity contribution in [1.29, 1.82) is 0 Å². The highest BCUT2D eigenvalue weighted by Gasteiger charge is 2.19. The van der Waals surface area contributed by atoms with Crippen molar-refractivity contribution in [2.45, 2.75) is 20.3 Å². The number of hydrogen-bond donors (Lipinski definition) is 3. The van der Waals surface area contributed by atoms with Crippen LogP contribution in [0.25, 0.3) is 0 Å². The largest absolute Gasteiger partial charge is 0.397 e. The molecule has 19 heavy (non-hydrogen) atoms. The van der Waals surface area contributed by atoms with E-state index >= 15 is 0 Å². The van der Waals surface area contributed by atoms with Gasteiger partial charge in [0.15, 0.2) is 0 Å². The van der Waals surface area contributed by atoms with Gasteiger partial charge in [-0.25, -0.2) is 0 Å². The lowest BCUT2D eigenvalue weighted by Gasteiger charge is -2.19. The molecule has 0 spiro atoms. The maximum atomic E-state index is 11.3. The molecule has 0 unspecified atom stereocenters. The van der Waals surface area contributed by atoms with Crippen LogP contribution in [0, 0.1) is 0 Å². The van der Waals surface area contributed by atoms with Crippen molar-refractivity contribution in [2.75, 3.05) is 42.5 Å². The molecular formula is C14H22N4O. The normalized spacial score (nSPS) is 13.5. The van der Waals surface area contributed by atoms with E-state index in [1.54, 1.807) is 0 Å². The molecule has 1 amide bonds. The van der Waals surface area contributed by atoms with Gasteiger partial charge in [0.25, 0.3) is 0 Å². The van der Waals surface area contributed by atoms with E-state index in [4.69, 9.17) is 5.73 Å². The van der Waals surface area contributed by atoms with Crippen LogP contribution in [0.15, 0.2) is 12.1 Å². The van der Waals surface area contributed by atoms with Crippen molar-refractivity contribution in [3.05, 3.63) is 17.7 Å². The minimum atomic E-state index is 0.0368. The number of carbonyl (C=O) groups is 1.